The molecule has 7 nitrogen and oxygen atoms in total. The number of benzene rings is 2. The molecule has 0 bridgehead atoms. The maximum atomic E-state index is 12.1. The van der Waals surface area contributed by atoms with Crippen molar-refractivity contribution in [3.8, 4) is 11.5 Å². The number of nitrogens with zero attached hydrogens (tertiary/aromatic N) is 1. The van der Waals surface area contributed by atoms with Gasteiger partial charge in [0.15, 0.2) is 11.5 Å². The number of ether oxygens (including phenoxy) is 3. The van der Waals surface area contributed by atoms with Crippen molar-refractivity contribution in [3.63, 3.8) is 0 Å². The second-order valence-electron chi connectivity index (χ2n) is 5.53. The van der Waals surface area contributed by atoms with Crippen LogP contribution in [0.1, 0.15) is 11.1 Å². The molecule has 2 aliphatic heterocycles. The van der Waals surface area contributed by atoms with Gasteiger partial charge in [-0.25, -0.2) is 4.79 Å². The van der Waals surface area contributed by atoms with Crippen molar-refractivity contribution in [3.05, 3.63) is 74.3 Å². The van der Waals surface area contributed by atoms with E-state index in [0.717, 1.165) is 0 Å². The summed E-state index contributed by atoms with van der Waals surface area (Å²) in [6, 6.07) is 9.53. The van der Waals surface area contributed by atoms with E-state index in [1.165, 1.54) is 24.3 Å². The van der Waals surface area contributed by atoms with Gasteiger partial charge in [0.25, 0.3) is 5.69 Å². The zero-order chi connectivity index (χ0) is 18.3. The van der Waals surface area contributed by atoms with Crippen LogP contribution in [0, 0.1) is 10.1 Å². The first-order valence-electron chi connectivity index (χ1n) is 7.51. The number of rotatable bonds is 3. The highest BCUT2D eigenvalue weighted by atomic mass is 35.5. The van der Waals surface area contributed by atoms with Gasteiger partial charge in [-0.15, -0.1) is 0 Å². The monoisotopic (exact) mass is 371 g/mol. The molecule has 4 rings (SSSR count). The van der Waals surface area contributed by atoms with E-state index < -0.39 is 10.9 Å². The average molecular weight is 372 g/mol. The van der Waals surface area contributed by atoms with Gasteiger partial charge < -0.3 is 14.2 Å². The van der Waals surface area contributed by atoms with Crippen LogP contribution in [0.15, 0.2) is 48.0 Å². The standard InChI is InChI=1S/C18H10ClNO6/c19-13-3-1-10(2-4-13)15-7-12(18(21)26-15)5-11-6-16-17(25-9-24-16)8-14(11)20(22)23/h1-8H,9H2/b12-5-. The Kier molecular flexibility index (Phi) is 3.85. The van der Waals surface area contributed by atoms with E-state index in [-0.39, 0.29) is 23.6 Å². The van der Waals surface area contributed by atoms with Crippen LogP contribution in [0.5, 0.6) is 11.5 Å². The van der Waals surface area contributed by atoms with E-state index in [4.69, 9.17) is 25.8 Å². The molecule has 2 aromatic rings. The van der Waals surface area contributed by atoms with E-state index >= 15 is 0 Å². The number of esters is 1. The highest BCUT2D eigenvalue weighted by molar-refractivity contribution is 6.30. The maximum absolute atomic E-state index is 12.1. The maximum Gasteiger partial charge on any atom is 0.343 e. The van der Waals surface area contributed by atoms with Gasteiger partial charge in [-0.05, 0) is 42.5 Å². The Balaban J connectivity index is 1.75. The van der Waals surface area contributed by atoms with Gasteiger partial charge >= 0.3 is 5.97 Å². The molecule has 130 valence electrons. The van der Waals surface area contributed by atoms with Crippen molar-refractivity contribution in [2.24, 2.45) is 0 Å². The van der Waals surface area contributed by atoms with Crippen LogP contribution < -0.4 is 9.47 Å². The minimum absolute atomic E-state index is 0.00479. The Labute approximate surface area is 152 Å². The summed E-state index contributed by atoms with van der Waals surface area (Å²) < 4.78 is 15.7. The highest BCUT2D eigenvalue weighted by Crippen LogP contribution is 2.39. The number of hydrogen-bond acceptors (Lipinski definition) is 6. The zero-order valence-corrected chi connectivity index (χ0v) is 13.9. The normalized spacial score (nSPS) is 16.6. The number of halogens is 1. The van der Waals surface area contributed by atoms with Crippen molar-refractivity contribution in [2.45, 2.75) is 0 Å². The lowest BCUT2D eigenvalue weighted by atomic mass is 10.1. The lowest BCUT2D eigenvalue weighted by Gasteiger charge is -2.02. The minimum atomic E-state index is -0.595. The number of nitro benzene ring substituents is 1. The van der Waals surface area contributed by atoms with Gasteiger partial charge in [0.05, 0.1) is 22.1 Å². The Bertz CT molecular complexity index is 993. The van der Waals surface area contributed by atoms with Crippen LogP contribution in [-0.4, -0.2) is 17.7 Å². The van der Waals surface area contributed by atoms with Crippen LogP contribution in [0.4, 0.5) is 5.69 Å². The Morgan fingerprint density at radius 3 is 2.50 bits per heavy atom. The summed E-state index contributed by atoms with van der Waals surface area (Å²) in [4.78, 5) is 22.9. The largest absolute Gasteiger partial charge is 0.454 e. The predicted molar refractivity (Wildman–Crippen MR) is 92.7 cm³/mol. The third-order valence-electron chi connectivity index (χ3n) is 3.88. The van der Waals surface area contributed by atoms with Crippen molar-refractivity contribution < 1.29 is 23.9 Å². The molecule has 0 aromatic heterocycles. The van der Waals surface area contributed by atoms with Crippen molar-refractivity contribution in [1.29, 1.82) is 0 Å². The van der Waals surface area contributed by atoms with Gasteiger partial charge in [0.1, 0.15) is 5.76 Å². The highest BCUT2D eigenvalue weighted by Gasteiger charge is 2.26. The molecule has 8 heteroatoms. The second-order valence-corrected chi connectivity index (χ2v) is 5.96. The molecule has 26 heavy (non-hydrogen) atoms. The molecule has 0 unspecified atom stereocenters. The first-order chi connectivity index (χ1) is 12.5. The van der Waals surface area contributed by atoms with E-state index in [1.807, 2.05) is 0 Å². The Morgan fingerprint density at radius 1 is 1.12 bits per heavy atom. The van der Waals surface area contributed by atoms with Crippen LogP contribution in [0.2, 0.25) is 5.02 Å². The van der Waals surface area contributed by atoms with E-state index in [2.05, 4.69) is 0 Å². The van der Waals surface area contributed by atoms with Crippen molar-refractivity contribution in [2.75, 3.05) is 6.79 Å². The fourth-order valence-corrected chi connectivity index (χ4v) is 2.76. The van der Waals surface area contributed by atoms with E-state index in [0.29, 0.717) is 27.8 Å². The molecular formula is C18H10ClNO6. The third kappa shape index (κ3) is 2.89. The lowest BCUT2D eigenvalue weighted by molar-refractivity contribution is -0.385. The number of carbonyl (C=O) groups is 1. The summed E-state index contributed by atoms with van der Waals surface area (Å²) in [5, 5.41) is 11.9. The number of carbonyl (C=O) groups excluding carboxylic acids is 1. The fourth-order valence-electron chi connectivity index (χ4n) is 2.63. The van der Waals surface area contributed by atoms with Gasteiger partial charge in [-0.2, -0.15) is 0 Å². The topological polar surface area (TPSA) is 87.9 Å². The summed E-state index contributed by atoms with van der Waals surface area (Å²) in [6.45, 7) is -0.00479. The van der Waals surface area contributed by atoms with Crippen molar-refractivity contribution in [1.82, 2.24) is 0 Å². The van der Waals surface area contributed by atoms with Crippen LogP contribution >= 0.6 is 11.6 Å². The fraction of sp³-hybridized carbons (Fsp3) is 0.0556. The SMILES string of the molecule is O=C1OC(c2ccc(Cl)cc2)=C/C1=C/c1cc2c(cc1[N+](=O)[O-])OCO2. The zero-order valence-electron chi connectivity index (χ0n) is 13.1. The first kappa shape index (κ1) is 16.2. The summed E-state index contributed by atoms with van der Waals surface area (Å²) in [6.07, 6.45) is 2.92. The predicted octanol–water partition coefficient (Wildman–Crippen LogP) is 3.96. The van der Waals surface area contributed by atoms with Crippen LogP contribution in [-0.2, 0) is 9.53 Å². The summed E-state index contributed by atoms with van der Waals surface area (Å²) in [7, 11) is 0. The van der Waals surface area contributed by atoms with Gasteiger partial charge in [0, 0.05) is 10.6 Å². The molecule has 2 aliphatic rings. The van der Waals surface area contributed by atoms with Gasteiger partial charge in [-0.1, -0.05) is 11.6 Å². The summed E-state index contributed by atoms with van der Waals surface area (Å²) in [5.41, 5.74) is 0.894. The molecule has 0 amide bonds. The van der Waals surface area contributed by atoms with Crippen LogP contribution in [0.25, 0.3) is 11.8 Å². The number of hydrogen-bond donors (Lipinski definition) is 0. The second kappa shape index (κ2) is 6.20. The number of fused-ring (bicyclic) bond motifs is 1. The van der Waals surface area contributed by atoms with E-state index in [1.54, 1.807) is 24.3 Å². The first-order valence-corrected chi connectivity index (χ1v) is 7.88. The van der Waals surface area contributed by atoms with Crippen LogP contribution in [0.3, 0.4) is 0 Å². The number of nitro groups is 1. The quantitative estimate of drug-likeness (QED) is 0.351. The molecule has 0 saturated carbocycles. The van der Waals surface area contributed by atoms with Gasteiger partial charge in [-0.3, -0.25) is 10.1 Å². The molecule has 0 atom stereocenters. The molecule has 0 N–H and O–H groups in total. The van der Waals surface area contributed by atoms with Crippen molar-refractivity contribution >= 4 is 35.1 Å². The number of cyclic esters (lactones) is 1. The lowest BCUT2D eigenvalue weighted by Crippen LogP contribution is -1.98. The molecule has 0 radical (unpaired) electrons. The summed E-state index contributed by atoms with van der Waals surface area (Å²) >= 11 is 5.85. The van der Waals surface area contributed by atoms with Gasteiger partial charge in [0.2, 0.25) is 6.79 Å². The molecular weight excluding hydrogens is 362 g/mol. The molecule has 0 spiro atoms. The van der Waals surface area contributed by atoms with E-state index in [9.17, 15) is 14.9 Å². The summed E-state index contributed by atoms with van der Waals surface area (Å²) in [5.74, 6) is 0.434. The average Bonchev–Trinajstić information content (AvgIpc) is 3.21. The third-order valence-corrected chi connectivity index (χ3v) is 4.14. The molecule has 0 aliphatic carbocycles. The molecule has 0 fully saturated rings. The Hall–Kier alpha value is -3.32. The minimum Gasteiger partial charge on any atom is -0.454 e. The molecule has 2 aromatic carbocycles. The molecule has 0 saturated heterocycles. The molecule has 2 heterocycles. The smallest absolute Gasteiger partial charge is 0.343 e. The Morgan fingerprint density at radius 2 is 1.81 bits per heavy atom.